The highest BCUT2D eigenvalue weighted by molar-refractivity contribution is 9.10. The molecular formula is C14H21BrN2. The fraction of sp³-hybridized carbons (Fsp3) is 0.571. The number of benzene rings is 1. The van der Waals surface area contributed by atoms with Gasteiger partial charge in [0.1, 0.15) is 0 Å². The first-order valence-electron chi connectivity index (χ1n) is 6.18. The Morgan fingerprint density at radius 1 is 1.35 bits per heavy atom. The number of hydrogen-bond acceptors (Lipinski definition) is 2. The van der Waals surface area contributed by atoms with Crippen molar-refractivity contribution in [2.75, 3.05) is 23.7 Å². The van der Waals surface area contributed by atoms with Crippen molar-refractivity contribution in [2.45, 2.75) is 27.2 Å². The van der Waals surface area contributed by atoms with Crippen LogP contribution in [0.4, 0.5) is 11.4 Å². The smallest absolute Gasteiger partial charge is 0.0600 e. The van der Waals surface area contributed by atoms with Crippen molar-refractivity contribution >= 4 is 27.3 Å². The molecule has 1 unspecified atom stereocenters. The highest BCUT2D eigenvalue weighted by Crippen LogP contribution is 2.37. The molecule has 1 heterocycles. The van der Waals surface area contributed by atoms with Gasteiger partial charge in [-0.05, 0) is 36.0 Å². The van der Waals surface area contributed by atoms with Crippen molar-refractivity contribution in [2.24, 2.45) is 11.3 Å². The monoisotopic (exact) mass is 296 g/mol. The van der Waals surface area contributed by atoms with E-state index >= 15 is 0 Å². The van der Waals surface area contributed by atoms with Gasteiger partial charge < -0.3 is 10.6 Å². The third kappa shape index (κ3) is 2.76. The second-order valence-corrected chi connectivity index (χ2v) is 6.92. The number of anilines is 2. The Hall–Kier alpha value is -0.700. The lowest BCUT2D eigenvalue weighted by molar-refractivity contribution is 0.263. The van der Waals surface area contributed by atoms with Crippen LogP contribution in [0.2, 0.25) is 0 Å². The van der Waals surface area contributed by atoms with Crippen LogP contribution < -0.4 is 10.6 Å². The van der Waals surface area contributed by atoms with Crippen LogP contribution in [-0.4, -0.2) is 13.1 Å². The maximum Gasteiger partial charge on any atom is 0.0600 e. The number of rotatable bonds is 1. The van der Waals surface area contributed by atoms with E-state index in [0.717, 1.165) is 29.2 Å². The van der Waals surface area contributed by atoms with Crippen LogP contribution in [0.5, 0.6) is 0 Å². The third-order valence-electron chi connectivity index (χ3n) is 3.74. The van der Waals surface area contributed by atoms with Crippen LogP contribution in [0.15, 0.2) is 22.7 Å². The molecule has 94 valence electrons. The average Bonchev–Trinajstić information content (AvgIpc) is 2.65. The molecule has 1 saturated heterocycles. The molecule has 1 aromatic rings. The van der Waals surface area contributed by atoms with Gasteiger partial charge in [-0.3, -0.25) is 0 Å². The van der Waals surface area contributed by atoms with Gasteiger partial charge in [-0.2, -0.15) is 0 Å². The molecule has 1 aromatic carbocycles. The minimum atomic E-state index is 0.388. The summed E-state index contributed by atoms with van der Waals surface area (Å²) in [5.41, 5.74) is 8.52. The zero-order valence-electron chi connectivity index (χ0n) is 10.8. The van der Waals surface area contributed by atoms with Crippen molar-refractivity contribution < 1.29 is 0 Å². The number of nitrogens with two attached hydrogens (primary N) is 1. The molecule has 1 atom stereocenters. The van der Waals surface area contributed by atoms with Gasteiger partial charge in [0.25, 0.3) is 0 Å². The van der Waals surface area contributed by atoms with E-state index < -0.39 is 0 Å². The van der Waals surface area contributed by atoms with Gasteiger partial charge >= 0.3 is 0 Å². The predicted octanol–water partition coefficient (Wildman–Crippen LogP) is 3.90. The molecule has 1 aliphatic rings. The summed E-state index contributed by atoms with van der Waals surface area (Å²) in [6.07, 6.45) is 1.26. The highest BCUT2D eigenvalue weighted by Gasteiger charge is 2.32. The quantitative estimate of drug-likeness (QED) is 0.796. The number of halogens is 1. The van der Waals surface area contributed by atoms with Gasteiger partial charge in [-0.25, -0.2) is 0 Å². The van der Waals surface area contributed by atoms with Crippen molar-refractivity contribution in [1.29, 1.82) is 0 Å². The molecule has 0 aliphatic carbocycles. The molecule has 2 N–H and O–H groups in total. The Morgan fingerprint density at radius 2 is 2.06 bits per heavy atom. The lowest BCUT2D eigenvalue weighted by atomic mass is 9.80. The highest BCUT2D eigenvalue weighted by atomic mass is 79.9. The molecule has 1 fully saturated rings. The van der Waals surface area contributed by atoms with E-state index in [1.807, 2.05) is 6.07 Å². The van der Waals surface area contributed by atoms with Gasteiger partial charge in [-0.15, -0.1) is 0 Å². The van der Waals surface area contributed by atoms with E-state index in [2.05, 4.69) is 53.7 Å². The summed E-state index contributed by atoms with van der Waals surface area (Å²) in [4.78, 5) is 2.41. The Bertz CT molecular complexity index is 409. The average molecular weight is 297 g/mol. The van der Waals surface area contributed by atoms with Gasteiger partial charge in [-0.1, -0.05) is 36.7 Å². The molecule has 0 radical (unpaired) electrons. The van der Waals surface area contributed by atoms with Crippen molar-refractivity contribution in [3.8, 4) is 0 Å². The van der Waals surface area contributed by atoms with Crippen LogP contribution in [-0.2, 0) is 0 Å². The molecule has 3 heteroatoms. The summed E-state index contributed by atoms with van der Waals surface area (Å²) < 4.78 is 1.05. The minimum Gasteiger partial charge on any atom is -0.397 e. The normalized spacial score (nSPS) is 20.9. The lowest BCUT2D eigenvalue weighted by Gasteiger charge is -2.28. The van der Waals surface area contributed by atoms with Crippen LogP contribution in [0.3, 0.4) is 0 Å². The minimum absolute atomic E-state index is 0.388. The van der Waals surface area contributed by atoms with Crippen molar-refractivity contribution in [3.63, 3.8) is 0 Å². The van der Waals surface area contributed by atoms with Crippen LogP contribution in [0.25, 0.3) is 0 Å². The van der Waals surface area contributed by atoms with Gasteiger partial charge in [0.2, 0.25) is 0 Å². The lowest BCUT2D eigenvalue weighted by Crippen LogP contribution is -2.26. The van der Waals surface area contributed by atoms with E-state index in [1.165, 1.54) is 12.1 Å². The fourth-order valence-electron chi connectivity index (χ4n) is 2.50. The maximum atomic E-state index is 6.08. The van der Waals surface area contributed by atoms with E-state index in [4.69, 9.17) is 5.73 Å². The summed E-state index contributed by atoms with van der Waals surface area (Å²) in [6.45, 7) is 9.22. The molecule has 0 saturated carbocycles. The van der Waals surface area contributed by atoms with E-state index in [-0.39, 0.29) is 0 Å². The van der Waals surface area contributed by atoms with Gasteiger partial charge in [0, 0.05) is 17.6 Å². The van der Waals surface area contributed by atoms with Crippen molar-refractivity contribution in [3.05, 3.63) is 22.7 Å². The fourth-order valence-corrected chi connectivity index (χ4v) is 2.88. The maximum absolute atomic E-state index is 6.08. The molecular weight excluding hydrogens is 276 g/mol. The van der Waals surface area contributed by atoms with Gasteiger partial charge in [0.05, 0.1) is 11.4 Å². The Balaban J connectivity index is 2.15. The summed E-state index contributed by atoms with van der Waals surface area (Å²) >= 11 is 3.45. The first kappa shape index (κ1) is 12.7. The second kappa shape index (κ2) is 4.52. The molecule has 2 nitrogen and oxygen atoms in total. The second-order valence-electron chi connectivity index (χ2n) is 6.00. The first-order chi connectivity index (χ1) is 7.88. The van der Waals surface area contributed by atoms with E-state index in [0.29, 0.717) is 5.41 Å². The summed E-state index contributed by atoms with van der Waals surface area (Å²) in [6, 6.07) is 6.17. The zero-order valence-corrected chi connectivity index (χ0v) is 12.4. The van der Waals surface area contributed by atoms with Gasteiger partial charge in [0.15, 0.2) is 0 Å². The Kier molecular flexibility index (Phi) is 3.39. The molecule has 0 amide bonds. The number of nitrogen functional groups attached to an aromatic ring is 1. The largest absolute Gasteiger partial charge is 0.397 e. The molecule has 17 heavy (non-hydrogen) atoms. The van der Waals surface area contributed by atoms with Crippen LogP contribution >= 0.6 is 15.9 Å². The number of hydrogen-bond donors (Lipinski definition) is 1. The standard InChI is InChI=1S/C14H21BrN2/c1-14(2,3)10-6-7-17(9-10)13-5-4-11(15)8-12(13)16/h4-5,8,10H,6-7,9,16H2,1-3H3. The molecule has 2 rings (SSSR count). The predicted molar refractivity (Wildman–Crippen MR) is 78.3 cm³/mol. The molecule has 0 aromatic heterocycles. The van der Waals surface area contributed by atoms with Crippen molar-refractivity contribution in [1.82, 2.24) is 0 Å². The van der Waals surface area contributed by atoms with Crippen LogP contribution in [0.1, 0.15) is 27.2 Å². The Labute approximate surface area is 112 Å². The summed E-state index contributed by atoms with van der Waals surface area (Å²) in [5, 5.41) is 0. The zero-order chi connectivity index (χ0) is 12.6. The van der Waals surface area contributed by atoms with E-state index in [1.54, 1.807) is 0 Å². The molecule has 1 aliphatic heterocycles. The third-order valence-corrected chi connectivity index (χ3v) is 4.24. The van der Waals surface area contributed by atoms with E-state index in [9.17, 15) is 0 Å². The summed E-state index contributed by atoms with van der Waals surface area (Å²) in [5.74, 6) is 0.755. The SMILES string of the molecule is CC(C)(C)C1CCN(c2ccc(Br)cc2N)C1. The number of nitrogens with zero attached hydrogens (tertiary/aromatic N) is 1. The molecule has 0 bridgehead atoms. The van der Waals surface area contributed by atoms with Crippen LogP contribution in [0, 0.1) is 11.3 Å². The topological polar surface area (TPSA) is 29.3 Å². The first-order valence-corrected chi connectivity index (χ1v) is 6.97. The molecule has 0 spiro atoms. The Morgan fingerprint density at radius 3 is 2.59 bits per heavy atom. The summed E-state index contributed by atoms with van der Waals surface area (Å²) in [7, 11) is 0.